The van der Waals surface area contributed by atoms with E-state index in [1.54, 1.807) is 0 Å². The molecule has 4 nitrogen and oxygen atoms in total. The highest BCUT2D eigenvalue weighted by atomic mass is 16.1. The minimum atomic E-state index is -0.0431. The lowest BCUT2D eigenvalue weighted by Crippen LogP contribution is -2.16. The molecule has 0 atom stereocenters. The topological polar surface area (TPSA) is 46.4 Å². The summed E-state index contributed by atoms with van der Waals surface area (Å²) in [6.07, 6.45) is 4.13. The smallest absolute Gasteiger partial charge is 0.230 e. The number of pyridine rings is 1. The normalized spacial score (nSPS) is 10.9. The van der Waals surface area contributed by atoms with Gasteiger partial charge in [0.05, 0.1) is 12.1 Å². The van der Waals surface area contributed by atoms with Gasteiger partial charge >= 0.3 is 0 Å². The second-order valence-corrected chi connectivity index (χ2v) is 5.65. The third-order valence-electron chi connectivity index (χ3n) is 3.82. The van der Waals surface area contributed by atoms with Gasteiger partial charge in [-0.3, -0.25) is 4.79 Å². The van der Waals surface area contributed by atoms with Gasteiger partial charge in [-0.2, -0.15) is 0 Å². The third kappa shape index (κ3) is 2.72. The van der Waals surface area contributed by atoms with Crippen LogP contribution in [-0.4, -0.2) is 15.3 Å². The molecule has 2 heterocycles. The van der Waals surface area contributed by atoms with Gasteiger partial charge in [-0.15, -0.1) is 0 Å². The first-order chi connectivity index (χ1) is 10.5. The third-order valence-corrected chi connectivity index (χ3v) is 3.82. The Balaban J connectivity index is 1.80. The van der Waals surface area contributed by atoms with Crippen LogP contribution in [-0.2, 0) is 11.2 Å². The lowest BCUT2D eigenvalue weighted by molar-refractivity contribution is -0.115. The number of aromatic nitrogens is 2. The zero-order valence-corrected chi connectivity index (χ0v) is 13.1. The fourth-order valence-electron chi connectivity index (χ4n) is 2.65. The van der Waals surface area contributed by atoms with Crippen LogP contribution in [0.1, 0.15) is 22.4 Å². The lowest BCUT2D eigenvalue weighted by atomic mass is 10.1. The van der Waals surface area contributed by atoms with Crippen LogP contribution in [0.2, 0.25) is 0 Å². The average molecular weight is 293 g/mol. The average Bonchev–Trinajstić information content (AvgIpc) is 2.87. The van der Waals surface area contributed by atoms with E-state index in [2.05, 4.69) is 10.3 Å². The molecular weight excluding hydrogens is 274 g/mol. The molecule has 0 aliphatic rings. The fraction of sp³-hybridized carbons (Fsp3) is 0.222. The molecule has 0 unspecified atom stereocenters. The minimum absolute atomic E-state index is 0.0431. The van der Waals surface area contributed by atoms with Crippen LogP contribution < -0.4 is 5.32 Å². The highest BCUT2D eigenvalue weighted by molar-refractivity contribution is 5.93. The van der Waals surface area contributed by atoms with E-state index < -0.39 is 0 Å². The van der Waals surface area contributed by atoms with Crippen LogP contribution in [0.4, 0.5) is 5.69 Å². The van der Waals surface area contributed by atoms with Crippen molar-refractivity contribution < 1.29 is 4.79 Å². The molecule has 4 heteroatoms. The number of carbonyl (C=O) groups is 1. The summed E-state index contributed by atoms with van der Waals surface area (Å²) < 4.78 is 1.96. The van der Waals surface area contributed by atoms with Gasteiger partial charge in [0.2, 0.25) is 5.91 Å². The zero-order chi connectivity index (χ0) is 15.7. The number of amides is 1. The Kier molecular flexibility index (Phi) is 3.67. The van der Waals surface area contributed by atoms with Crippen LogP contribution in [0.25, 0.3) is 5.65 Å². The zero-order valence-electron chi connectivity index (χ0n) is 13.1. The van der Waals surface area contributed by atoms with E-state index in [1.165, 1.54) is 0 Å². The van der Waals surface area contributed by atoms with Gasteiger partial charge in [0.25, 0.3) is 0 Å². The number of benzene rings is 1. The Morgan fingerprint density at radius 1 is 1.09 bits per heavy atom. The van der Waals surface area contributed by atoms with Crippen molar-refractivity contribution in [2.45, 2.75) is 27.2 Å². The number of rotatable bonds is 3. The molecule has 112 valence electrons. The molecule has 0 aliphatic heterocycles. The standard InChI is InChI=1S/C18H19N3O/c1-12-6-4-7-13(2)17(12)20-16(22)10-15-11-21-9-5-8-14(3)18(21)19-15/h4-9,11H,10H2,1-3H3,(H,20,22). The molecule has 1 aromatic carbocycles. The summed E-state index contributed by atoms with van der Waals surface area (Å²) in [5.74, 6) is -0.0431. The number of imidazole rings is 1. The van der Waals surface area contributed by atoms with E-state index in [1.807, 2.05) is 67.9 Å². The van der Waals surface area contributed by atoms with Crippen LogP contribution in [0, 0.1) is 20.8 Å². The van der Waals surface area contributed by atoms with E-state index in [4.69, 9.17) is 0 Å². The van der Waals surface area contributed by atoms with Crippen LogP contribution in [0.5, 0.6) is 0 Å². The van der Waals surface area contributed by atoms with E-state index in [0.29, 0.717) is 0 Å². The van der Waals surface area contributed by atoms with Crippen molar-refractivity contribution >= 4 is 17.2 Å². The molecule has 0 bridgehead atoms. The summed E-state index contributed by atoms with van der Waals surface area (Å²) in [4.78, 5) is 16.8. The molecule has 2 aromatic heterocycles. The molecule has 0 spiro atoms. The Morgan fingerprint density at radius 3 is 2.45 bits per heavy atom. The summed E-state index contributed by atoms with van der Waals surface area (Å²) in [5, 5.41) is 3.00. The summed E-state index contributed by atoms with van der Waals surface area (Å²) in [5.41, 5.74) is 5.81. The Morgan fingerprint density at radius 2 is 1.77 bits per heavy atom. The van der Waals surface area contributed by atoms with Crippen LogP contribution in [0.3, 0.4) is 0 Å². The molecule has 0 saturated carbocycles. The number of para-hydroxylation sites is 1. The summed E-state index contributed by atoms with van der Waals surface area (Å²) in [6.45, 7) is 6.01. The van der Waals surface area contributed by atoms with Crippen molar-refractivity contribution in [1.82, 2.24) is 9.38 Å². The molecule has 0 radical (unpaired) electrons. The second kappa shape index (κ2) is 5.64. The molecule has 0 fully saturated rings. The number of hydrogen-bond donors (Lipinski definition) is 1. The highest BCUT2D eigenvalue weighted by Crippen LogP contribution is 2.19. The van der Waals surface area contributed by atoms with Crippen LogP contribution >= 0.6 is 0 Å². The number of carbonyl (C=O) groups excluding carboxylic acids is 1. The second-order valence-electron chi connectivity index (χ2n) is 5.65. The van der Waals surface area contributed by atoms with E-state index in [9.17, 15) is 4.79 Å². The molecule has 0 saturated heterocycles. The molecule has 1 amide bonds. The summed E-state index contributed by atoms with van der Waals surface area (Å²) >= 11 is 0. The first-order valence-electron chi connectivity index (χ1n) is 7.34. The van der Waals surface area contributed by atoms with E-state index in [-0.39, 0.29) is 12.3 Å². The number of anilines is 1. The number of nitrogens with one attached hydrogen (secondary N) is 1. The predicted molar refractivity (Wildman–Crippen MR) is 88.2 cm³/mol. The Bertz CT molecular complexity index is 828. The highest BCUT2D eigenvalue weighted by Gasteiger charge is 2.11. The molecule has 0 aliphatic carbocycles. The maximum absolute atomic E-state index is 12.3. The molecule has 1 N–H and O–H groups in total. The first kappa shape index (κ1) is 14.3. The lowest BCUT2D eigenvalue weighted by Gasteiger charge is -2.10. The number of hydrogen-bond acceptors (Lipinski definition) is 2. The van der Waals surface area contributed by atoms with Crippen LogP contribution in [0.15, 0.2) is 42.7 Å². The van der Waals surface area contributed by atoms with Gasteiger partial charge in [0.15, 0.2) is 0 Å². The number of nitrogens with zero attached hydrogens (tertiary/aromatic N) is 2. The molecule has 22 heavy (non-hydrogen) atoms. The Labute approximate surface area is 129 Å². The maximum Gasteiger partial charge on any atom is 0.230 e. The fourth-order valence-corrected chi connectivity index (χ4v) is 2.65. The summed E-state index contributed by atoms with van der Waals surface area (Å²) in [6, 6.07) is 9.98. The monoisotopic (exact) mass is 293 g/mol. The van der Waals surface area contributed by atoms with Gasteiger partial charge in [-0.25, -0.2) is 4.98 Å². The predicted octanol–water partition coefficient (Wildman–Crippen LogP) is 3.44. The van der Waals surface area contributed by atoms with Gasteiger partial charge in [-0.1, -0.05) is 24.3 Å². The van der Waals surface area contributed by atoms with Crippen molar-refractivity contribution in [1.29, 1.82) is 0 Å². The molecule has 3 rings (SSSR count). The molecule has 3 aromatic rings. The van der Waals surface area contributed by atoms with E-state index >= 15 is 0 Å². The van der Waals surface area contributed by atoms with Crippen molar-refractivity contribution in [3.63, 3.8) is 0 Å². The Hall–Kier alpha value is -2.62. The first-order valence-corrected chi connectivity index (χ1v) is 7.34. The van der Waals surface area contributed by atoms with Gasteiger partial charge in [0, 0.05) is 18.1 Å². The van der Waals surface area contributed by atoms with Crippen molar-refractivity contribution in [2.24, 2.45) is 0 Å². The maximum atomic E-state index is 12.3. The van der Waals surface area contributed by atoms with Gasteiger partial charge < -0.3 is 9.72 Å². The quantitative estimate of drug-likeness (QED) is 0.804. The number of aryl methyl sites for hydroxylation is 3. The van der Waals surface area contributed by atoms with Gasteiger partial charge in [-0.05, 0) is 43.5 Å². The minimum Gasteiger partial charge on any atom is -0.325 e. The number of fused-ring (bicyclic) bond motifs is 1. The summed E-state index contributed by atoms with van der Waals surface area (Å²) in [7, 11) is 0. The molecular formula is C18H19N3O. The van der Waals surface area contributed by atoms with Crippen molar-refractivity contribution in [3.8, 4) is 0 Å². The van der Waals surface area contributed by atoms with Crippen molar-refractivity contribution in [2.75, 3.05) is 5.32 Å². The largest absolute Gasteiger partial charge is 0.325 e. The van der Waals surface area contributed by atoms with Crippen molar-refractivity contribution in [3.05, 3.63) is 65.1 Å². The van der Waals surface area contributed by atoms with Gasteiger partial charge in [0.1, 0.15) is 5.65 Å². The SMILES string of the molecule is Cc1cccc(C)c1NC(=O)Cc1cn2cccc(C)c2n1. The van der Waals surface area contributed by atoms with E-state index in [0.717, 1.165) is 33.7 Å².